The fourth-order valence-electron chi connectivity index (χ4n) is 3.88. The van der Waals surface area contributed by atoms with Gasteiger partial charge in [-0.25, -0.2) is 8.42 Å². The van der Waals surface area contributed by atoms with E-state index >= 15 is 0 Å². The molecule has 0 saturated carbocycles. The number of rotatable bonds is 9. The summed E-state index contributed by atoms with van der Waals surface area (Å²) in [5, 5.41) is 17.9. The largest absolute Gasteiger partial charge is 0.494 e. The Balaban J connectivity index is 1.70. The molecule has 0 bridgehead atoms. The molecular weight excluding hydrogens is 428 g/mol. The summed E-state index contributed by atoms with van der Waals surface area (Å²) in [5.74, 6) is -0.406. The van der Waals surface area contributed by atoms with Crippen molar-refractivity contribution in [2.75, 3.05) is 13.2 Å². The Labute approximate surface area is 189 Å². The van der Waals surface area contributed by atoms with E-state index in [2.05, 4.69) is 13.0 Å². The lowest BCUT2D eigenvalue weighted by Crippen LogP contribution is -2.49. The number of hydrogen-bond acceptors (Lipinski definition) is 6. The minimum atomic E-state index is -3.66. The van der Waals surface area contributed by atoms with Crippen LogP contribution in [0.25, 0.3) is 0 Å². The van der Waals surface area contributed by atoms with Crippen molar-refractivity contribution in [2.24, 2.45) is 0 Å². The van der Waals surface area contributed by atoms with Crippen LogP contribution in [0.4, 0.5) is 0 Å². The van der Waals surface area contributed by atoms with Crippen molar-refractivity contribution in [1.29, 1.82) is 5.26 Å². The number of sulfone groups is 1. The first kappa shape index (κ1) is 23.8. The number of piperidine rings is 1. The minimum absolute atomic E-state index is 0.0305. The number of benzene rings is 2. The molecule has 1 fully saturated rings. The number of unbranched alkanes of at least 4 members (excludes halogenated alkanes) is 1. The van der Waals surface area contributed by atoms with Crippen LogP contribution in [0.5, 0.6) is 5.75 Å². The fourth-order valence-corrected chi connectivity index (χ4v) is 5.63. The van der Waals surface area contributed by atoms with Crippen LogP contribution in [-0.2, 0) is 21.2 Å². The molecule has 32 heavy (non-hydrogen) atoms. The van der Waals surface area contributed by atoms with E-state index in [-0.39, 0.29) is 11.3 Å². The molecule has 1 N–H and O–H groups in total. The minimum Gasteiger partial charge on any atom is -0.494 e. The quantitative estimate of drug-likeness (QED) is 0.574. The van der Waals surface area contributed by atoms with Crippen molar-refractivity contribution in [2.45, 2.75) is 55.3 Å². The topological polar surface area (TPSA) is 108 Å². The molecule has 1 aliphatic rings. The van der Waals surface area contributed by atoms with E-state index in [1.54, 1.807) is 41.3 Å². The Kier molecular flexibility index (Phi) is 7.89. The molecule has 2 aromatic carbocycles. The number of likely N-dealkylation sites (tertiary alicyclic amines) is 1. The summed E-state index contributed by atoms with van der Waals surface area (Å²) in [7, 11) is -3.66. The second-order valence-electron chi connectivity index (χ2n) is 8.00. The van der Waals surface area contributed by atoms with Crippen molar-refractivity contribution in [3.63, 3.8) is 0 Å². The van der Waals surface area contributed by atoms with Gasteiger partial charge in [0.05, 0.1) is 28.4 Å². The summed E-state index contributed by atoms with van der Waals surface area (Å²) >= 11 is 0. The highest BCUT2D eigenvalue weighted by molar-refractivity contribution is 7.92. The second kappa shape index (κ2) is 10.6. The van der Waals surface area contributed by atoms with Gasteiger partial charge < -0.3 is 9.84 Å². The zero-order valence-corrected chi connectivity index (χ0v) is 18.9. The van der Waals surface area contributed by atoms with Crippen LogP contribution in [0, 0.1) is 11.3 Å². The Hall–Kier alpha value is -2.89. The van der Waals surface area contributed by atoms with Gasteiger partial charge in [0.1, 0.15) is 11.8 Å². The molecule has 1 heterocycles. The summed E-state index contributed by atoms with van der Waals surface area (Å²) in [6.45, 7) is 3.40. The average molecular weight is 457 g/mol. The van der Waals surface area contributed by atoms with E-state index in [0.29, 0.717) is 37.4 Å². The van der Waals surface area contributed by atoms with Gasteiger partial charge in [0, 0.05) is 13.1 Å². The molecule has 1 saturated heterocycles. The van der Waals surface area contributed by atoms with E-state index in [4.69, 9.17) is 10.00 Å². The average Bonchev–Trinajstić information content (AvgIpc) is 2.80. The van der Waals surface area contributed by atoms with Crippen molar-refractivity contribution in [3.8, 4) is 11.8 Å². The molecule has 0 radical (unpaired) electrons. The molecule has 0 aromatic heterocycles. The van der Waals surface area contributed by atoms with Crippen LogP contribution in [0.15, 0.2) is 53.4 Å². The lowest BCUT2D eigenvalue weighted by atomic mass is 10.0. The number of carboxylic acid groups (broad SMARTS) is 1. The van der Waals surface area contributed by atoms with Gasteiger partial charge in [0.15, 0.2) is 9.84 Å². The summed E-state index contributed by atoms with van der Waals surface area (Å²) < 4.78 is 32.0. The normalized spacial score (nSPS) is 19.2. The maximum absolute atomic E-state index is 13.2. The van der Waals surface area contributed by atoms with Crippen LogP contribution in [0.3, 0.4) is 0 Å². The number of carboxylic acids is 1. The number of nitrogens with zero attached hydrogens (tertiary/aromatic N) is 2. The monoisotopic (exact) mass is 456 g/mol. The summed E-state index contributed by atoms with van der Waals surface area (Å²) in [6.07, 6.45) is 2.33. The Morgan fingerprint density at radius 3 is 2.47 bits per heavy atom. The van der Waals surface area contributed by atoms with Crippen LogP contribution in [-0.4, -0.2) is 48.8 Å². The van der Waals surface area contributed by atoms with Gasteiger partial charge in [0.25, 0.3) is 0 Å². The number of nitriles is 1. The van der Waals surface area contributed by atoms with Gasteiger partial charge in [-0.2, -0.15) is 5.26 Å². The van der Waals surface area contributed by atoms with Gasteiger partial charge in [0.2, 0.25) is 0 Å². The highest BCUT2D eigenvalue weighted by Crippen LogP contribution is 2.30. The van der Waals surface area contributed by atoms with E-state index in [1.165, 1.54) is 12.1 Å². The Bertz CT molecular complexity index is 1060. The molecule has 8 heteroatoms. The van der Waals surface area contributed by atoms with E-state index < -0.39 is 27.1 Å². The first-order valence-corrected chi connectivity index (χ1v) is 12.3. The van der Waals surface area contributed by atoms with Crippen molar-refractivity contribution in [3.05, 3.63) is 59.7 Å². The number of aliphatic carboxylic acids is 1. The van der Waals surface area contributed by atoms with Crippen LogP contribution < -0.4 is 4.74 Å². The van der Waals surface area contributed by atoms with E-state index in [9.17, 15) is 18.3 Å². The maximum atomic E-state index is 13.2. The second-order valence-corrected chi connectivity index (χ2v) is 10.2. The molecule has 3 rings (SSSR count). The number of carbonyl (C=O) groups is 1. The number of ether oxygens (including phenoxy) is 1. The number of hydrogen-bond donors (Lipinski definition) is 1. The van der Waals surface area contributed by atoms with E-state index in [1.807, 2.05) is 0 Å². The van der Waals surface area contributed by atoms with Gasteiger partial charge in [-0.1, -0.05) is 25.5 Å². The molecule has 1 aliphatic heterocycles. The zero-order chi connectivity index (χ0) is 23.1. The third kappa shape index (κ3) is 5.67. The van der Waals surface area contributed by atoms with Crippen molar-refractivity contribution >= 4 is 15.8 Å². The summed E-state index contributed by atoms with van der Waals surface area (Å²) in [4.78, 5) is 13.9. The molecule has 170 valence electrons. The fraction of sp³-hybridized carbons (Fsp3) is 0.417. The molecule has 0 aliphatic carbocycles. The third-order valence-electron chi connectivity index (χ3n) is 5.78. The lowest BCUT2D eigenvalue weighted by Gasteiger charge is -2.36. The molecule has 2 atom stereocenters. The van der Waals surface area contributed by atoms with Crippen molar-refractivity contribution < 1.29 is 23.1 Å². The smallest absolute Gasteiger partial charge is 0.320 e. The summed E-state index contributed by atoms with van der Waals surface area (Å²) in [5.41, 5.74) is 1.42. The van der Waals surface area contributed by atoms with Gasteiger partial charge >= 0.3 is 5.97 Å². The van der Waals surface area contributed by atoms with Crippen LogP contribution >= 0.6 is 0 Å². The molecule has 7 nitrogen and oxygen atoms in total. The van der Waals surface area contributed by atoms with E-state index in [0.717, 1.165) is 18.4 Å². The molecule has 2 unspecified atom stereocenters. The third-order valence-corrected chi connectivity index (χ3v) is 8.01. The molecular formula is C24H28N2O5S. The molecule has 2 aromatic rings. The standard InChI is InChI=1S/C24H28N2O5S/c1-2-3-14-31-20-8-10-21(11-9-20)32(29,30)22-12-13-26(23(15-22)24(27)28)17-19-6-4-18(16-25)5-7-19/h4-11,22-23H,2-3,12-15,17H2,1H3,(H,27,28). The maximum Gasteiger partial charge on any atom is 0.320 e. The van der Waals surface area contributed by atoms with Crippen molar-refractivity contribution in [1.82, 2.24) is 4.90 Å². The van der Waals surface area contributed by atoms with Gasteiger partial charge in [-0.3, -0.25) is 9.69 Å². The highest BCUT2D eigenvalue weighted by atomic mass is 32.2. The first-order chi connectivity index (χ1) is 15.3. The summed E-state index contributed by atoms with van der Waals surface area (Å²) in [6, 6.07) is 14.5. The zero-order valence-electron chi connectivity index (χ0n) is 18.1. The van der Waals surface area contributed by atoms with Gasteiger partial charge in [-0.15, -0.1) is 0 Å². The molecule has 0 spiro atoms. The van der Waals surface area contributed by atoms with Crippen LogP contribution in [0.1, 0.15) is 43.7 Å². The Morgan fingerprint density at radius 1 is 1.19 bits per heavy atom. The predicted octanol–water partition coefficient (Wildman–Crippen LogP) is 3.63. The SMILES string of the molecule is CCCCOc1ccc(S(=O)(=O)C2CCN(Cc3ccc(C#N)cc3)C(C(=O)O)C2)cc1. The molecule has 0 amide bonds. The predicted molar refractivity (Wildman–Crippen MR) is 120 cm³/mol. The highest BCUT2D eigenvalue weighted by Gasteiger charge is 2.39. The first-order valence-electron chi connectivity index (χ1n) is 10.8. The van der Waals surface area contributed by atoms with Gasteiger partial charge in [-0.05, 0) is 61.2 Å². The lowest BCUT2D eigenvalue weighted by molar-refractivity contribution is -0.144. The van der Waals surface area contributed by atoms with Crippen LogP contribution in [0.2, 0.25) is 0 Å². The Morgan fingerprint density at radius 2 is 1.88 bits per heavy atom.